The van der Waals surface area contributed by atoms with Crippen LogP contribution in [0, 0.1) is 5.92 Å². The van der Waals surface area contributed by atoms with Crippen LogP contribution in [-0.2, 0) is 17.6 Å². The van der Waals surface area contributed by atoms with Crippen molar-refractivity contribution in [1.29, 1.82) is 0 Å². The van der Waals surface area contributed by atoms with E-state index in [1.165, 1.54) is 22.1 Å². The van der Waals surface area contributed by atoms with Crippen LogP contribution in [-0.4, -0.2) is 75.5 Å². The largest absolute Gasteiger partial charge is 0.459 e. The van der Waals surface area contributed by atoms with Crippen molar-refractivity contribution in [2.45, 2.75) is 38.5 Å². The highest BCUT2D eigenvalue weighted by atomic mass is 32.1. The van der Waals surface area contributed by atoms with E-state index in [0.717, 1.165) is 61.5 Å². The molecule has 10 nitrogen and oxygen atoms in total. The molecule has 35 heavy (non-hydrogen) atoms. The minimum atomic E-state index is -0.132. The van der Waals surface area contributed by atoms with Crippen molar-refractivity contribution in [3.05, 3.63) is 45.8 Å². The van der Waals surface area contributed by atoms with Crippen molar-refractivity contribution in [2.75, 3.05) is 44.2 Å². The molecule has 0 aromatic carbocycles. The lowest BCUT2D eigenvalue weighted by Crippen LogP contribution is -2.53. The lowest BCUT2D eigenvalue weighted by Gasteiger charge is -2.38. The van der Waals surface area contributed by atoms with Gasteiger partial charge in [0.25, 0.3) is 11.5 Å². The number of hydrogen-bond acceptors (Lipinski definition) is 8. The maximum absolute atomic E-state index is 13.3. The Morgan fingerprint density at radius 3 is 2.63 bits per heavy atom. The molecule has 0 bridgehead atoms. The van der Waals surface area contributed by atoms with E-state index in [-0.39, 0.29) is 23.3 Å². The maximum atomic E-state index is 13.3. The van der Waals surface area contributed by atoms with E-state index >= 15 is 0 Å². The highest BCUT2D eigenvalue weighted by Gasteiger charge is 2.33. The Balaban J connectivity index is 1.13. The normalized spacial score (nSPS) is 20.8. The average molecular weight is 497 g/mol. The van der Waals surface area contributed by atoms with E-state index in [4.69, 9.17) is 9.40 Å². The molecule has 2 fully saturated rings. The summed E-state index contributed by atoms with van der Waals surface area (Å²) < 4.78 is 6.67. The van der Waals surface area contributed by atoms with Gasteiger partial charge in [0.05, 0.1) is 17.9 Å². The van der Waals surface area contributed by atoms with Crippen LogP contribution in [0.15, 0.2) is 27.6 Å². The Morgan fingerprint density at radius 1 is 1.03 bits per heavy atom. The predicted octanol–water partition coefficient (Wildman–Crippen LogP) is 1.82. The fraction of sp³-hybridized carbons (Fsp3) is 0.542. The zero-order chi connectivity index (χ0) is 23.9. The Kier molecular flexibility index (Phi) is 5.79. The minimum absolute atomic E-state index is 0.0428. The second-order valence-electron chi connectivity index (χ2n) is 9.51. The van der Waals surface area contributed by atoms with Gasteiger partial charge in [-0.15, -0.1) is 5.10 Å². The molecule has 0 saturated carbocycles. The molecule has 1 aliphatic carbocycles. The molecule has 11 heteroatoms. The van der Waals surface area contributed by atoms with E-state index in [9.17, 15) is 14.4 Å². The van der Waals surface area contributed by atoms with Gasteiger partial charge in [-0.2, -0.15) is 4.52 Å². The third-order valence-electron chi connectivity index (χ3n) is 7.32. The Morgan fingerprint density at radius 2 is 1.83 bits per heavy atom. The van der Waals surface area contributed by atoms with E-state index in [2.05, 4.69) is 10.00 Å². The molecule has 2 aliphatic heterocycles. The second-order valence-corrected chi connectivity index (χ2v) is 10.4. The predicted molar refractivity (Wildman–Crippen MR) is 130 cm³/mol. The quantitative estimate of drug-likeness (QED) is 0.545. The van der Waals surface area contributed by atoms with Crippen molar-refractivity contribution >= 4 is 33.2 Å². The summed E-state index contributed by atoms with van der Waals surface area (Å²) in [7, 11) is 0. The van der Waals surface area contributed by atoms with Crippen molar-refractivity contribution in [3.63, 3.8) is 0 Å². The zero-order valence-corrected chi connectivity index (χ0v) is 20.3. The molecule has 1 atom stereocenters. The van der Waals surface area contributed by atoms with Crippen LogP contribution < -0.4 is 10.5 Å². The molecule has 0 spiro atoms. The molecule has 184 valence electrons. The van der Waals surface area contributed by atoms with Gasteiger partial charge >= 0.3 is 0 Å². The summed E-state index contributed by atoms with van der Waals surface area (Å²) >= 11 is 1.43. The van der Waals surface area contributed by atoms with E-state index in [1.54, 1.807) is 17.0 Å². The van der Waals surface area contributed by atoms with Crippen molar-refractivity contribution in [1.82, 2.24) is 24.4 Å². The Bertz CT molecular complexity index is 1310. The first kappa shape index (κ1) is 22.3. The van der Waals surface area contributed by atoms with Gasteiger partial charge in [-0.05, 0) is 50.7 Å². The van der Waals surface area contributed by atoms with Crippen LogP contribution in [0.4, 0.5) is 5.13 Å². The number of aryl methyl sites for hydroxylation is 1. The number of amides is 2. The molecular weight excluding hydrogens is 468 g/mol. The van der Waals surface area contributed by atoms with Gasteiger partial charge in [0.2, 0.25) is 16.0 Å². The first-order valence-electron chi connectivity index (χ1n) is 12.4. The third kappa shape index (κ3) is 4.11. The van der Waals surface area contributed by atoms with Crippen LogP contribution in [0.1, 0.15) is 47.5 Å². The number of piperazine rings is 1. The van der Waals surface area contributed by atoms with Gasteiger partial charge < -0.3 is 19.1 Å². The fourth-order valence-electron chi connectivity index (χ4n) is 5.39. The molecule has 3 aromatic rings. The monoisotopic (exact) mass is 496 g/mol. The first-order chi connectivity index (χ1) is 17.1. The lowest BCUT2D eigenvalue weighted by atomic mass is 9.96. The highest BCUT2D eigenvalue weighted by Crippen LogP contribution is 2.29. The molecule has 0 unspecified atom stereocenters. The Hall–Kier alpha value is -3.21. The number of nitrogens with zero attached hydrogens (tertiary/aromatic N) is 6. The summed E-state index contributed by atoms with van der Waals surface area (Å²) in [5.41, 5.74) is 1.69. The second kappa shape index (κ2) is 9.10. The van der Waals surface area contributed by atoms with Crippen molar-refractivity contribution in [3.8, 4) is 0 Å². The van der Waals surface area contributed by atoms with Crippen molar-refractivity contribution in [2.24, 2.45) is 5.92 Å². The molecule has 2 saturated heterocycles. The van der Waals surface area contributed by atoms with Gasteiger partial charge in [-0.1, -0.05) is 11.3 Å². The van der Waals surface area contributed by atoms with Crippen LogP contribution in [0.3, 0.4) is 0 Å². The van der Waals surface area contributed by atoms with E-state index in [0.29, 0.717) is 43.4 Å². The molecule has 3 aromatic heterocycles. The number of carbonyl (C=O) groups excluding carboxylic acids is 2. The first-order valence-corrected chi connectivity index (χ1v) is 13.2. The molecular formula is C24H28N6O4S. The standard InChI is InChI=1S/C24H28N6O4S/c31-20(27-10-12-28(13-11-27)22(33)19-8-4-14-34-19)16-5-3-9-29(15-16)24-26-30-21(32)17-6-1-2-7-18(17)25-23(30)35-24/h4,8,14,16H,1-3,5-7,9-13,15H2/t16-/m0/s1. The molecule has 5 heterocycles. The van der Waals surface area contributed by atoms with Gasteiger partial charge in [0.15, 0.2) is 5.76 Å². The summed E-state index contributed by atoms with van der Waals surface area (Å²) in [6.45, 7) is 3.43. The number of aromatic nitrogens is 3. The number of carbonyl (C=O) groups is 2. The van der Waals surface area contributed by atoms with Gasteiger partial charge in [0.1, 0.15) is 0 Å². The number of hydrogen-bond donors (Lipinski definition) is 0. The van der Waals surface area contributed by atoms with Crippen LogP contribution in [0.25, 0.3) is 4.96 Å². The molecule has 0 N–H and O–H groups in total. The van der Waals surface area contributed by atoms with E-state index in [1.807, 2.05) is 4.90 Å². The molecule has 6 rings (SSSR count). The fourth-order valence-corrected chi connectivity index (χ4v) is 6.33. The van der Waals surface area contributed by atoms with Crippen LogP contribution in [0.2, 0.25) is 0 Å². The molecule has 2 amide bonds. The van der Waals surface area contributed by atoms with Crippen LogP contribution in [0.5, 0.6) is 0 Å². The third-order valence-corrected chi connectivity index (χ3v) is 8.29. The van der Waals surface area contributed by atoms with Gasteiger partial charge in [-0.3, -0.25) is 14.4 Å². The average Bonchev–Trinajstić information content (AvgIpc) is 3.59. The number of fused-ring (bicyclic) bond motifs is 2. The Labute approximate surface area is 206 Å². The number of piperidine rings is 1. The number of rotatable bonds is 3. The topological polar surface area (TPSA) is 104 Å². The molecule has 3 aliphatic rings. The summed E-state index contributed by atoms with van der Waals surface area (Å²) in [4.78, 5) is 49.9. The molecule has 0 radical (unpaired) electrons. The highest BCUT2D eigenvalue weighted by molar-refractivity contribution is 7.20. The summed E-state index contributed by atoms with van der Waals surface area (Å²) in [6.07, 6.45) is 6.94. The summed E-state index contributed by atoms with van der Waals surface area (Å²) in [5, 5.41) is 5.37. The summed E-state index contributed by atoms with van der Waals surface area (Å²) in [5.74, 6) is 0.206. The van der Waals surface area contributed by atoms with E-state index < -0.39 is 0 Å². The van der Waals surface area contributed by atoms with Crippen LogP contribution >= 0.6 is 11.3 Å². The SMILES string of the molecule is O=C(c1ccco1)N1CCN(C(=O)[C@H]2CCCN(c3nn4c(=O)c5c(nc4s3)CCCC5)C2)CC1. The van der Waals surface area contributed by atoms with Crippen molar-refractivity contribution < 1.29 is 14.0 Å². The number of anilines is 1. The zero-order valence-electron chi connectivity index (χ0n) is 19.5. The maximum Gasteiger partial charge on any atom is 0.289 e. The minimum Gasteiger partial charge on any atom is -0.459 e. The number of furan rings is 1. The smallest absolute Gasteiger partial charge is 0.289 e. The lowest BCUT2D eigenvalue weighted by molar-refractivity contribution is -0.137. The summed E-state index contributed by atoms with van der Waals surface area (Å²) in [6, 6.07) is 3.37. The van der Waals surface area contributed by atoms with Gasteiger partial charge in [-0.25, -0.2) is 4.98 Å². The van der Waals surface area contributed by atoms with Gasteiger partial charge in [0, 0.05) is 44.8 Å².